The number of rotatable bonds is 2. The molecule has 1 heterocycles. The molecule has 0 aliphatic carbocycles. The van der Waals surface area contributed by atoms with E-state index in [1.165, 1.54) is 4.90 Å². The van der Waals surface area contributed by atoms with Gasteiger partial charge in [0.15, 0.2) is 0 Å². The molecule has 0 radical (unpaired) electrons. The summed E-state index contributed by atoms with van der Waals surface area (Å²) in [6.07, 6.45) is 0.119. The fourth-order valence-corrected chi connectivity index (χ4v) is 2.55. The molecule has 108 valence electrons. The van der Waals surface area contributed by atoms with Gasteiger partial charge in [0.05, 0.1) is 11.4 Å². The predicted octanol–water partition coefficient (Wildman–Crippen LogP) is 2.05. The van der Waals surface area contributed by atoms with Gasteiger partial charge in [0.25, 0.3) is 0 Å². The Kier molecular flexibility index (Phi) is 3.57. The number of benzene rings is 1. The molecule has 20 heavy (non-hydrogen) atoms. The zero-order valence-electron chi connectivity index (χ0n) is 11.6. The first-order valence-corrected chi connectivity index (χ1v) is 6.53. The second-order valence-corrected chi connectivity index (χ2v) is 5.30. The van der Waals surface area contributed by atoms with Crippen LogP contribution < -0.4 is 11.1 Å². The van der Waals surface area contributed by atoms with Crippen molar-refractivity contribution in [1.82, 2.24) is 4.90 Å². The number of nitrogens with two attached hydrogens (primary N) is 1. The molecule has 0 unspecified atom stereocenters. The van der Waals surface area contributed by atoms with Gasteiger partial charge in [-0.3, -0.25) is 9.69 Å². The molecule has 1 fully saturated rings. The average Bonchev–Trinajstić information content (AvgIpc) is 2.78. The summed E-state index contributed by atoms with van der Waals surface area (Å²) in [4.78, 5) is 24.8. The highest BCUT2D eigenvalue weighted by molar-refractivity contribution is 6.01. The summed E-state index contributed by atoms with van der Waals surface area (Å²) in [6, 6.07) is 5.36. The first-order chi connectivity index (χ1) is 9.36. The van der Waals surface area contributed by atoms with Gasteiger partial charge in [0.1, 0.15) is 5.54 Å². The van der Waals surface area contributed by atoms with E-state index in [9.17, 15) is 14.7 Å². The van der Waals surface area contributed by atoms with E-state index in [0.717, 1.165) is 5.56 Å². The van der Waals surface area contributed by atoms with Gasteiger partial charge in [-0.25, -0.2) is 4.79 Å². The van der Waals surface area contributed by atoms with Gasteiger partial charge in [-0.2, -0.15) is 0 Å². The van der Waals surface area contributed by atoms with Crippen LogP contribution in [0.1, 0.15) is 25.3 Å². The molecule has 0 bridgehead atoms. The normalized spacial score (nSPS) is 21.8. The van der Waals surface area contributed by atoms with Gasteiger partial charge in [0, 0.05) is 6.54 Å². The summed E-state index contributed by atoms with van der Waals surface area (Å²) in [6.45, 7) is 3.88. The van der Waals surface area contributed by atoms with E-state index in [1.807, 2.05) is 13.0 Å². The highest BCUT2D eigenvalue weighted by atomic mass is 16.4. The van der Waals surface area contributed by atoms with Crippen molar-refractivity contribution in [2.24, 2.45) is 0 Å². The molecule has 1 aliphatic heterocycles. The van der Waals surface area contributed by atoms with E-state index in [2.05, 4.69) is 5.32 Å². The Morgan fingerprint density at radius 2 is 2.15 bits per heavy atom. The van der Waals surface area contributed by atoms with Gasteiger partial charge in [-0.1, -0.05) is 12.1 Å². The van der Waals surface area contributed by atoms with Crippen LogP contribution in [0.25, 0.3) is 0 Å². The number of likely N-dealkylation sites (tertiary alicyclic amines) is 1. The lowest BCUT2D eigenvalue weighted by atomic mass is 9.97. The van der Waals surface area contributed by atoms with Crippen molar-refractivity contribution in [1.29, 1.82) is 0 Å². The van der Waals surface area contributed by atoms with Crippen LogP contribution in [0, 0.1) is 6.92 Å². The van der Waals surface area contributed by atoms with Crippen molar-refractivity contribution in [3.8, 4) is 0 Å². The number of nitrogens with one attached hydrogen (secondary N) is 1. The van der Waals surface area contributed by atoms with E-state index in [-0.39, 0.29) is 5.91 Å². The zero-order chi connectivity index (χ0) is 14.9. The molecular formula is C14H19N3O3. The van der Waals surface area contributed by atoms with Crippen molar-refractivity contribution in [3.63, 3.8) is 0 Å². The minimum absolute atomic E-state index is 0.338. The number of carboxylic acid groups (broad SMARTS) is 1. The molecular weight excluding hydrogens is 258 g/mol. The van der Waals surface area contributed by atoms with Crippen molar-refractivity contribution >= 4 is 23.4 Å². The number of anilines is 2. The highest BCUT2D eigenvalue weighted by Crippen LogP contribution is 2.31. The average molecular weight is 277 g/mol. The van der Waals surface area contributed by atoms with E-state index >= 15 is 0 Å². The van der Waals surface area contributed by atoms with Crippen molar-refractivity contribution < 1.29 is 14.7 Å². The SMILES string of the molecule is Cc1cccc(NC(=O)[C@]2(C)CCCN2C(=O)O)c1N. The maximum absolute atomic E-state index is 12.4. The van der Waals surface area contributed by atoms with Crippen LogP contribution in [-0.2, 0) is 4.79 Å². The Morgan fingerprint density at radius 3 is 2.80 bits per heavy atom. The third-order valence-electron chi connectivity index (χ3n) is 3.93. The minimum atomic E-state index is -1.07. The summed E-state index contributed by atoms with van der Waals surface area (Å²) in [7, 11) is 0. The van der Waals surface area contributed by atoms with Crippen LogP contribution in [-0.4, -0.2) is 34.1 Å². The number of nitrogen functional groups attached to an aromatic ring is 1. The number of hydrogen-bond acceptors (Lipinski definition) is 3. The number of nitrogens with zero attached hydrogens (tertiary/aromatic N) is 1. The second-order valence-electron chi connectivity index (χ2n) is 5.30. The molecule has 0 saturated carbocycles. The topological polar surface area (TPSA) is 95.7 Å². The summed E-state index contributed by atoms with van der Waals surface area (Å²) in [5.41, 5.74) is 6.78. The van der Waals surface area contributed by atoms with Gasteiger partial charge >= 0.3 is 6.09 Å². The number of hydrogen-bond donors (Lipinski definition) is 3. The van der Waals surface area contributed by atoms with Crippen molar-refractivity contribution in [2.75, 3.05) is 17.6 Å². The van der Waals surface area contributed by atoms with Crippen LogP contribution in [0.2, 0.25) is 0 Å². The summed E-state index contributed by atoms with van der Waals surface area (Å²) in [5, 5.41) is 11.9. The maximum Gasteiger partial charge on any atom is 0.408 e. The van der Waals surface area contributed by atoms with Crippen LogP contribution in [0.5, 0.6) is 0 Å². The van der Waals surface area contributed by atoms with E-state index < -0.39 is 11.6 Å². The van der Waals surface area contributed by atoms with Gasteiger partial charge in [-0.15, -0.1) is 0 Å². The second kappa shape index (κ2) is 5.03. The number of carbonyl (C=O) groups excluding carboxylic acids is 1. The van der Waals surface area contributed by atoms with E-state index in [1.54, 1.807) is 19.1 Å². The fraction of sp³-hybridized carbons (Fsp3) is 0.429. The number of carbonyl (C=O) groups is 2. The minimum Gasteiger partial charge on any atom is -0.465 e. The molecule has 1 aromatic carbocycles. The molecule has 0 aromatic heterocycles. The molecule has 0 spiro atoms. The summed E-state index contributed by atoms with van der Waals surface area (Å²) < 4.78 is 0. The van der Waals surface area contributed by atoms with Crippen LogP contribution in [0.15, 0.2) is 18.2 Å². The van der Waals surface area contributed by atoms with Crippen LogP contribution in [0.3, 0.4) is 0 Å². The van der Waals surface area contributed by atoms with Gasteiger partial charge in [-0.05, 0) is 38.3 Å². The standard InChI is InChI=1S/C14H19N3O3/c1-9-5-3-6-10(11(9)15)16-12(18)14(2)7-4-8-17(14)13(19)20/h3,5-6H,4,7-8,15H2,1-2H3,(H,16,18)(H,19,20)/t14-/m0/s1. The molecule has 6 nitrogen and oxygen atoms in total. The molecule has 4 N–H and O–H groups in total. The highest BCUT2D eigenvalue weighted by Gasteiger charge is 2.46. The maximum atomic E-state index is 12.4. The smallest absolute Gasteiger partial charge is 0.408 e. The third-order valence-corrected chi connectivity index (χ3v) is 3.93. The molecule has 1 atom stereocenters. The lowest BCUT2D eigenvalue weighted by Gasteiger charge is -2.31. The quantitative estimate of drug-likeness (QED) is 0.721. The molecule has 1 aromatic rings. The van der Waals surface area contributed by atoms with Crippen molar-refractivity contribution in [3.05, 3.63) is 23.8 Å². The first-order valence-electron chi connectivity index (χ1n) is 6.53. The number of para-hydroxylation sites is 1. The molecule has 2 rings (SSSR count). The Morgan fingerprint density at radius 1 is 1.45 bits per heavy atom. The van der Waals surface area contributed by atoms with E-state index in [4.69, 9.17) is 5.73 Å². The lowest BCUT2D eigenvalue weighted by Crippen LogP contribution is -2.52. The van der Waals surface area contributed by atoms with Crippen molar-refractivity contribution in [2.45, 2.75) is 32.2 Å². The Balaban J connectivity index is 2.23. The molecule has 1 saturated heterocycles. The van der Waals surface area contributed by atoms with Gasteiger partial charge in [0.2, 0.25) is 5.91 Å². The van der Waals surface area contributed by atoms with E-state index in [0.29, 0.717) is 30.8 Å². The first kappa shape index (κ1) is 14.2. The summed E-state index contributed by atoms with van der Waals surface area (Å²) in [5.74, 6) is -0.338. The molecule has 2 amide bonds. The fourth-order valence-electron chi connectivity index (χ4n) is 2.55. The van der Waals surface area contributed by atoms with Crippen LogP contribution >= 0.6 is 0 Å². The monoisotopic (exact) mass is 277 g/mol. The predicted molar refractivity (Wildman–Crippen MR) is 76.6 cm³/mol. The summed E-state index contributed by atoms with van der Waals surface area (Å²) >= 11 is 0. The Hall–Kier alpha value is -2.24. The largest absolute Gasteiger partial charge is 0.465 e. The third kappa shape index (κ3) is 2.29. The number of aryl methyl sites for hydroxylation is 1. The molecule has 6 heteroatoms. The number of amides is 2. The Labute approximate surface area is 117 Å². The zero-order valence-corrected chi connectivity index (χ0v) is 11.6. The lowest BCUT2D eigenvalue weighted by molar-refractivity contribution is -0.124. The van der Waals surface area contributed by atoms with Gasteiger partial charge < -0.3 is 16.2 Å². The Bertz CT molecular complexity index is 559. The molecule has 1 aliphatic rings. The van der Waals surface area contributed by atoms with Crippen LogP contribution in [0.4, 0.5) is 16.2 Å².